The van der Waals surface area contributed by atoms with Gasteiger partial charge < -0.3 is 14.2 Å². The largest absolute Gasteiger partial charge is 0.454 e. The molecule has 2 aliphatic heterocycles. The van der Waals surface area contributed by atoms with Crippen LogP contribution in [0.3, 0.4) is 0 Å². The number of benzene rings is 6. The van der Waals surface area contributed by atoms with E-state index in [4.69, 9.17) is 4.42 Å². The molecule has 77 heavy (non-hydrogen) atoms. The second-order valence-corrected chi connectivity index (χ2v) is 32.2. The molecule has 7 aromatic rings. The Hall–Kier alpha value is -5.22. The van der Waals surface area contributed by atoms with Gasteiger partial charge in [-0.15, -0.1) is 0 Å². The molecule has 0 saturated heterocycles. The molecule has 0 saturated carbocycles. The van der Waals surface area contributed by atoms with Gasteiger partial charge in [0.05, 0.1) is 5.69 Å². The molecule has 0 atom stereocenters. The minimum atomic E-state index is -0.152. The first-order valence-corrected chi connectivity index (χ1v) is 29.9. The zero-order valence-corrected chi connectivity index (χ0v) is 51.3. The third-order valence-corrected chi connectivity index (χ3v) is 21.8. The molecule has 0 spiro atoms. The lowest BCUT2D eigenvalue weighted by atomic mass is 9.33. The summed E-state index contributed by atoms with van der Waals surface area (Å²) in [5, 5.41) is 2.45. The highest BCUT2D eigenvalue weighted by Crippen LogP contribution is 2.58. The maximum absolute atomic E-state index is 7.68. The van der Waals surface area contributed by atoms with Crippen molar-refractivity contribution in [1.29, 1.82) is 0 Å². The molecule has 3 heterocycles. The first kappa shape index (κ1) is 51.2. The molecule has 3 nitrogen and oxygen atoms in total. The van der Waals surface area contributed by atoms with Crippen LogP contribution in [0.1, 0.15) is 238 Å². The van der Waals surface area contributed by atoms with Gasteiger partial charge in [-0.1, -0.05) is 162 Å². The SMILES string of the molecule is Cc1cc2c(cc1N1c3cc4c(cc3B3c5ccc6c(oc7cc8c(cc76)C(C)(C)CCC8(C)C)c5N(c5cc6c(cc5C)C(C)(C)CCC6(C)C)c5cc(C(C)(C)C)cc1c53)C(C)(C)CC4(C)C)C(C)(C)CCC2(C)C. The van der Waals surface area contributed by atoms with E-state index in [2.05, 4.69) is 228 Å². The Morgan fingerprint density at radius 1 is 0.403 bits per heavy atom. The second kappa shape index (κ2) is 15.4. The van der Waals surface area contributed by atoms with Crippen LogP contribution in [0, 0.1) is 13.8 Å². The van der Waals surface area contributed by atoms with Crippen molar-refractivity contribution in [3.05, 3.63) is 134 Å². The van der Waals surface area contributed by atoms with Crippen LogP contribution < -0.4 is 26.2 Å². The third kappa shape index (κ3) is 7.13. The Morgan fingerprint density at radius 3 is 1.30 bits per heavy atom. The quantitative estimate of drug-likeness (QED) is 0.161. The summed E-state index contributed by atoms with van der Waals surface area (Å²) >= 11 is 0. The van der Waals surface area contributed by atoms with Crippen LogP contribution in [0.15, 0.2) is 77.2 Å². The zero-order chi connectivity index (χ0) is 55.2. The van der Waals surface area contributed by atoms with Crippen LogP contribution in [0.25, 0.3) is 21.9 Å². The summed E-state index contributed by atoms with van der Waals surface area (Å²) in [4.78, 5) is 5.51. The molecule has 0 unspecified atom stereocenters. The average molecular weight is 1020 g/mol. The number of nitrogens with zero attached hydrogens (tertiary/aromatic N) is 2. The molecule has 1 aromatic heterocycles. The van der Waals surface area contributed by atoms with Crippen LogP contribution in [0.2, 0.25) is 0 Å². The smallest absolute Gasteiger partial charge is 0.252 e. The minimum Gasteiger partial charge on any atom is -0.454 e. The van der Waals surface area contributed by atoms with E-state index in [9.17, 15) is 0 Å². The monoisotopic (exact) mass is 1020 g/mol. The van der Waals surface area contributed by atoms with Crippen molar-refractivity contribution in [1.82, 2.24) is 0 Å². The number of rotatable bonds is 2. The molecule has 4 aliphatic carbocycles. The number of hydrogen-bond acceptors (Lipinski definition) is 3. The first-order chi connectivity index (χ1) is 35.5. The van der Waals surface area contributed by atoms with Gasteiger partial charge >= 0.3 is 0 Å². The third-order valence-electron chi connectivity index (χ3n) is 21.8. The van der Waals surface area contributed by atoms with Gasteiger partial charge in [0.2, 0.25) is 0 Å². The molecule has 6 aliphatic rings. The molecular formula is C73H89BN2O. The van der Waals surface area contributed by atoms with E-state index in [1.165, 1.54) is 155 Å². The topological polar surface area (TPSA) is 19.6 Å². The Labute approximate surface area is 464 Å². The minimum absolute atomic E-state index is 0.0168. The number of hydrogen-bond donors (Lipinski definition) is 0. The van der Waals surface area contributed by atoms with Crippen LogP contribution in [-0.4, -0.2) is 6.71 Å². The number of aryl methyl sites for hydroxylation is 2. The fourth-order valence-corrected chi connectivity index (χ4v) is 16.7. The van der Waals surface area contributed by atoms with Gasteiger partial charge in [0.15, 0.2) is 5.58 Å². The molecule has 0 bridgehead atoms. The number of furan rings is 1. The first-order valence-electron chi connectivity index (χ1n) is 29.9. The van der Waals surface area contributed by atoms with E-state index in [0.29, 0.717) is 0 Å². The van der Waals surface area contributed by atoms with Crippen LogP contribution >= 0.6 is 0 Å². The lowest BCUT2D eigenvalue weighted by molar-refractivity contribution is 0.332. The van der Waals surface area contributed by atoms with Gasteiger partial charge in [0.25, 0.3) is 6.71 Å². The standard InChI is InChI=1S/C73H89BN2O/c1-41-30-46-50(69(12,13)27-24-66(46,6)7)36-56(41)75-58-38-52-49(72(18,19)40-73(52,20)21)35-55(58)74-54-23-22-44-45-34-48-53(71(16,17)29-26-68(48,10)11)39-61(45)77-64(44)63(54)76(60-33-43(65(3,4)5)32-59(75)62(60)74)57-37-51-47(31-42(57)2)67(8,9)25-28-70(51,14)15/h22-23,30-39H,24-29,40H2,1-21H3. The van der Waals surface area contributed by atoms with E-state index in [1.54, 1.807) is 0 Å². The number of anilines is 6. The Morgan fingerprint density at radius 2 is 0.805 bits per heavy atom. The molecule has 0 radical (unpaired) electrons. The van der Waals surface area contributed by atoms with Crippen molar-refractivity contribution in [3.8, 4) is 0 Å². The van der Waals surface area contributed by atoms with Crippen LogP contribution in [0.4, 0.5) is 34.1 Å². The summed E-state index contributed by atoms with van der Waals surface area (Å²) in [6.07, 6.45) is 8.16. The zero-order valence-electron chi connectivity index (χ0n) is 51.3. The van der Waals surface area contributed by atoms with Crippen molar-refractivity contribution in [2.45, 2.75) is 239 Å². The maximum Gasteiger partial charge on any atom is 0.252 e. The molecule has 6 aromatic carbocycles. The second-order valence-electron chi connectivity index (χ2n) is 32.2. The van der Waals surface area contributed by atoms with Crippen molar-refractivity contribution in [3.63, 3.8) is 0 Å². The molecule has 400 valence electrons. The van der Waals surface area contributed by atoms with E-state index in [1.807, 2.05) is 0 Å². The van der Waals surface area contributed by atoms with E-state index < -0.39 is 0 Å². The normalized spacial score (nSPS) is 22.0. The summed E-state index contributed by atoms with van der Waals surface area (Å²) < 4.78 is 7.68. The van der Waals surface area contributed by atoms with Crippen molar-refractivity contribution in [2.75, 3.05) is 9.80 Å². The fourth-order valence-electron chi connectivity index (χ4n) is 16.7. The molecular weight excluding hydrogens is 932 g/mol. The summed E-state index contributed by atoms with van der Waals surface area (Å²) in [5.74, 6) is 0. The molecule has 0 amide bonds. The fraction of sp³-hybridized carbons (Fsp3) is 0.507. The summed E-state index contributed by atoms with van der Waals surface area (Å²) in [6, 6.07) is 31.1. The predicted molar refractivity (Wildman–Crippen MR) is 332 cm³/mol. The average Bonchev–Trinajstić information content (AvgIpc) is 3.87. The van der Waals surface area contributed by atoms with Gasteiger partial charge in [0.1, 0.15) is 5.58 Å². The van der Waals surface area contributed by atoms with Gasteiger partial charge in [-0.2, -0.15) is 0 Å². The Bertz CT molecular complexity index is 3760. The van der Waals surface area contributed by atoms with E-state index >= 15 is 0 Å². The highest BCUT2D eigenvalue weighted by molar-refractivity contribution is 7.00. The van der Waals surface area contributed by atoms with Gasteiger partial charge in [-0.05, 0) is 228 Å². The van der Waals surface area contributed by atoms with E-state index in [0.717, 1.165) is 24.0 Å². The van der Waals surface area contributed by atoms with Crippen molar-refractivity contribution >= 4 is 79.2 Å². The molecule has 0 N–H and O–H groups in total. The summed E-state index contributed by atoms with van der Waals surface area (Å²) in [5.41, 5.74) is 30.0. The lowest BCUT2D eigenvalue weighted by Gasteiger charge is -2.47. The Kier molecular flexibility index (Phi) is 10.2. The van der Waals surface area contributed by atoms with Crippen molar-refractivity contribution in [2.24, 2.45) is 0 Å². The molecule has 4 heteroatoms. The summed E-state index contributed by atoms with van der Waals surface area (Å²) in [6.45, 7) is 51.7. The highest BCUT2D eigenvalue weighted by atomic mass is 16.3. The molecule has 13 rings (SSSR count). The van der Waals surface area contributed by atoms with Crippen LogP contribution in [-0.2, 0) is 48.7 Å². The summed E-state index contributed by atoms with van der Waals surface area (Å²) in [7, 11) is 0. The predicted octanol–water partition coefficient (Wildman–Crippen LogP) is 18.6. The molecule has 0 fully saturated rings. The van der Waals surface area contributed by atoms with Gasteiger partial charge in [-0.3, -0.25) is 0 Å². The highest BCUT2D eigenvalue weighted by Gasteiger charge is 2.51. The van der Waals surface area contributed by atoms with Gasteiger partial charge in [-0.25, -0.2) is 0 Å². The van der Waals surface area contributed by atoms with Gasteiger partial charge in [0, 0.05) is 39.2 Å². The van der Waals surface area contributed by atoms with Crippen LogP contribution in [0.5, 0.6) is 0 Å². The number of fused-ring (bicyclic) bond motifs is 12. The van der Waals surface area contributed by atoms with E-state index in [-0.39, 0.29) is 55.4 Å². The Balaban J connectivity index is 1.20. The van der Waals surface area contributed by atoms with Crippen molar-refractivity contribution < 1.29 is 4.42 Å². The lowest BCUT2D eigenvalue weighted by Crippen LogP contribution is -2.61. The maximum atomic E-state index is 7.68.